The van der Waals surface area contributed by atoms with Crippen LogP contribution in [0.15, 0.2) is 6.07 Å². The van der Waals surface area contributed by atoms with Gasteiger partial charge in [-0.15, -0.1) is 0 Å². The summed E-state index contributed by atoms with van der Waals surface area (Å²) in [4.78, 5) is 6.74. The van der Waals surface area contributed by atoms with Crippen molar-refractivity contribution in [3.8, 4) is 6.07 Å². The molecule has 1 aromatic rings. The minimum Gasteiger partial charge on any atom is -0.365 e. The van der Waals surface area contributed by atoms with Crippen LogP contribution in [0.4, 0.5) is 5.69 Å². The molecule has 1 aliphatic heterocycles. The molecule has 1 aliphatic rings. The van der Waals surface area contributed by atoms with Gasteiger partial charge in [-0.2, -0.15) is 5.26 Å². The highest BCUT2D eigenvalue weighted by molar-refractivity contribution is 5.62. The largest absolute Gasteiger partial charge is 0.365 e. The fourth-order valence-corrected chi connectivity index (χ4v) is 2.41. The summed E-state index contributed by atoms with van der Waals surface area (Å²) in [5.41, 5.74) is 3.59. The molecular weight excluding hydrogens is 224 g/mol. The predicted molar refractivity (Wildman–Crippen MR) is 72.7 cm³/mol. The number of nitrogens with one attached hydrogen (secondary N) is 1. The molecule has 1 saturated heterocycles. The van der Waals surface area contributed by atoms with E-state index in [-0.39, 0.29) is 0 Å². The minimum absolute atomic E-state index is 0.512. The minimum atomic E-state index is 0.512. The molecule has 0 aromatic carbocycles. The lowest BCUT2D eigenvalue weighted by atomic mass is 10.1. The predicted octanol–water partition coefficient (Wildman–Crippen LogP) is 1.76. The number of aryl methyl sites for hydroxylation is 2. The number of aromatic nitrogens is 1. The Balaban J connectivity index is 2.42. The molecule has 2 heterocycles. The van der Waals surface area contributed by atoms with E-state index in [1.807, 2.05) is 19.9 Å². The Morgan fingerprint density at radius 2 is 2.22 bits per heavy atom. The van der Waals surface area contributed by atoms with Gasteiger partial charge in [0.2, 0.25) is 0 Å². The maximum atomic E-state index is 9.35. The molecule has 0 saturated carbocycles. The van der Waals surface area contributed by atoms with Crippen LogP contribution in [0.5, 0.6) is 0 Å². The molecule has 0 bridgehead atoms. The fraction of sp³-hybridized carbons (Fsp3) is 0.571. The van der Waals surface area contributed by atoms with Crippen molar-refractivity contribution in [3.63, 3.8) is 0 Å². The SMILES string of the molecule is CCCN(c1cc(C)nc(C)c1C#N)C1CNC1. The zero-order valence-electron chi connectivity index (χ0n) is 11.3. The van der Waals surface area contributed by atoms with Crippen LogP contribution < -0.4 is 10.2 Å². The van der Waals surface area contributed by atoms with Crippen LogP contribution in [0.3, 0.4) is 0 Å². The first-order chi connectivity index (χ1) is 8.67. The van der Waals surface area contributed by atoms with Gasteiger partial charge in [0, 0.05) is 25.3 Å². The number of nitrogens with zero attached hydrogens (tertiary/aromatic N) is 3. The normalized spacial score (nSPS) is 15.0. The molecule has 1 N–H and O–H groups in total. The van der Waals surface area contributed by atoms with E-state index in [9.17, 15) is 5.26 Å². The van der Waals surface area contributed by atoms with E-state index in [1.165, 1.54) is 0 Å². The van der Waals surface area contributed by atoms with Crippen LogP contribution >= 0.6 is 0 Å². The average Bonchev–Trinajstić information content (AvgIpc) is 2.25. The van der Waals surface area contributed by atoms with Gasteiger partial charge >= 0.3 is 0 Å². The lowest BCUT2D eigenvalue weighted by molar-refractivity contribution is 0.412. The molecule has 0 atom stereocenters. The number of hydrogen-bond acceptors (Lipinski definition) is 4. The summed E-state index contributed by atoms with van der Waals surface area (Å²) in [5, 5.41) is 12.6. The maximum absolute atomic E-state index is 9.35. The molecule has 0 radical (unpaired) electrons. The first-order valence-electron chi connectivity index (χ1n) is 6.53. The summed E-state index contributed by atoms with van der Waals surface area (Å²) in [6.45, 7) is 9.07. The molecule has 0 unspecified atom stereocenters. The Kier molecular flexibility index (Phi) is 3.83. The van der Waals surface area contributed by atoms with Gasteiger partial charge in [-0.25, -0.2) is 0 Å². The van der Waals surface area contributed by atoms with Crippen molar-refractivity contribution in [2.24, 2.45) is 0 Å². The zero-order valence-corrected chi connectivity index (χ0v) is 11.3. The van der Waals surface area contributed by atoms with Gasteiger partial charge in [0.25, 0.3) is 0 Å². The smallest absolute Gasteiger partial charge is 0.103 e. The van der Waals surface area contributed by atoms with E-state index in [0.29, 0.717) is 6.04 Å². The number of rotatable bonds is 4. The highest BCUT2D eigenvalue weighted by Gasteiger charge is 2.26. The van der Waals surface area contributed by atoms with E-state index in [0.717, 1.165) is 48.7 Å². The van der Waals surface area contributed by atoms with Crippen molar-refractivity contribution in [3.05, 3.63) is 23.0 Å². The van der Waals surface area contributed by atoms with Crippen molar-refractivity contribution in [2.75, 3.05) is 24.5 Å². The summed E-state index contributed by atoms with van der Waals surface area (Å²) in [7, 11) is 0. The molecule has 1 aromatic heterocycles. The Morgan fingerprint density at radius 1 is 1.50 bits per heavy atom. The highest BCUT2D eigenvalue weighted by atomic mass is 15.2. The van der Waals surface area contributed by atoms with Crippen LogP contribution in [0.2, 0.25) is 0 Å². The maximum Gasteiger partial charge on any atom is 0.103 e. The van der Waals surface area contributed by atoms with E-state index in [2.05, 4.69) is 28.2 Å². The van der Waals surface area contributed by atoms with E-state index < -0.39 is 0 Å². The number of anilines is 1. The van der Waals surface area contributed by atoms with Gasteiger partial charge in [-0.3, -0.25) is 4.98 Å². The van der Waals surface area contributed by atoms with Gasteiger partial charge in [0.05, 0.1) is 23.0 Å². The molecule has 4 nitrogen and oxygen atoms in total. The van der Waals surface area contributed by atoms with Gasteiger partial charge < -0.3 is 10.2 Å². The van der Waals surface area contributed by atoms with Crippen molar-refractivity contribution < 1.29 is 0 Å². The molecule has 18 heavy (non-hydrogen) atoms. The number of pyridine rings is 1. The van der Waals surface area contributed by atoms with Crippen LogP contribution in [0.25, 0.3) is 0 Å². The van der Waals surface area contributed by atoms with Crippen LogP contribution in [0.1, 0.15) is 30.3 Å². The second-order valence-electron chi connectivity index (χ2n) is 4.86. The third-order valence-corrected chi connectivity index (χ3v) is 3.39. The molecule has 2 rings (SSSR count). The van der Waals surface area contributed by atoms with Crippen molar-refractivity contribution >= 4 is 5.69 Å². The van der Waals surface area contributed by atoms with Crippen LogP contribution in [-0.2, 0) is 0 Å². The second-order valence-corrected chi connectivity index (χ2v) is 4.86. The van der Waals surface area contributed by atoms with E-state index in [1.54, 1.807) is 0 Å². The highest BCUT2D eigenvalue weighted by Crippen LogP contribution is 2.26. The number of nitriles is 1. The summed E-state index contributed by atoms with van der Waals surface area (Å²) < 4.78 is 0. The first-order valence-corrected chi connectivity index (χ1v) is 6.53. The molecule has 4 heteroatoms. The quantitative estimate of drug-likeness (QED) is 0.877. The monoisotopic (exact) mass is 244 g/mol. The third kappa shape index (κ3) is 2.32. The molecule has 1 fully saturated rings. The summed E-state index contributed by atoms with van der Waals surface area (Å²) >= 11 is 0. The topological polar surface area (TPSA) is 52.0 Å². The Morgan fingerprint density at radius 3 is 2.72 bits per heavy atom. The molecular formula is C14H20N4. The summed E-state index contributed by atoms with van der Waals surface area (Å²) in [5.74, 6) is 0. The van der Waals surface area contributed by atoms with Crippen molar-refractivity contribution in [2.45, 2.75) is 33.2 Å². The van der Waals surface area contributed by atoms with Gasteiger partial charge in [-0.05, 0) is 26.3 Å². The Hall–Kier alpha value is -1.60. The summed E-state index contributed by atoms with van der Waals surface area (Å²) in [6.07, 6.45) is 1.09. The van der Waals surface area contributed by atoms with Gasteiger partial charge in [0.15, 0.2) is 0 Å². The van der Waals surface area contributed by atoms with E-state index >= 15 is 0 Å². The van der Waals surface area contributed by atoms with E-state index in [4.69, 9.17) is 0 Å². The first kappa shape index (κ1) is 12.8. The molecule has 0 aliphatic carbocycles. The van der Waals surface area contributed by atoms with Crippen molar-refractivity contribution in [1.82, 2.24) is 10.3 Å². The fourth-order valence-electron chi connectivity index (χ4n) is 2.41. The van der Waals surface area contributed by atoms with Crippen LogP contribution in [-0.4, -0.2) is 30.7 Å². The second kappa shape index (κ2) is 5.36. The van der Waals surface area contributed by atoms with Gasteiger partial charge in [0.1, 0.15) is 6.07 Å². The lowest BCUT2D eigenvalue weighted by Gasteiger charge is -2.40. The Bertz CT molecular complexity index is 471. The van der Waals surface area contributed by atoms with Gasteiger partial charge in [-0.1, -0.05) is 6.92 Å². The lowest BCUT2D eigenvalue weighted by Crippen LogP contribution is -2.57. The standard InChI is InChI=1S/C14H20N4/c1-4-5-18(12-8-16-9-12)14-6-10(2)17-11(3)13(14)7-15/h6,12,16H,4-5,8-9H2,1-3H3. The summed E-state index contributed by atoms with van der Waals surface area (Å²) in [6, 6.07) is 4.86. The molecule has 0 spiro atoms. The average molecular weight is 244 g/mol. The third-order valence-electron chi connectivity index (χ3n) is 3.39. The van der Waals surface area contributed by atoms with Crippen molar-refractivity contribution in [1.29, 1.82) is 5.26 Å². The Labute approximate surface area is 109 Å². The molecule has 0 amide bonds. The van der Waals surface area contributed by atoms with Crippen LogP contribution in [0, 0.1) is 25.2 Å². The number of hydrogen-bond donors (Lipinski definition) is 1. The molecule has 96 valence electrons. The zero-order chi connectivity index (χ0) is 13.1.